The highest BCUT2D eigenvalue weighted by atomic mass is 32.2. The second-order valence-corrected chi connectivity index (χ2v) is 7.12. The van der Waals surface area contributed by atoms with E-state index in [0.717, 1.165) is 27.1 Å². The van der Waals surface area contributed by atoms with Crippen molar-refractivity contribution in [1.29, 1.82) is 0 Å². The molecule has 2 aromatic carbocycles. The minimum absolute atomic E-state index is 0.0791. The Labute approximate surface area is 157 Å². The first-order valence-electron chi connectivity index (χ1n) is 8.39. The molecule has 132 valence electrons. The summed E-state index contributed by atoms with van der Waals surface area (Å²) < 4.78 is 3.46. The van der Waals surface area contributed by atoms with Gasteiger partial charge in [0.1, 0.15) is 10.9 Å². The summed E-state index contributed by atoms with van der Waals surface area (Å²) >= 11 is 1.56. The Morgan fingerprint density at radius 1 is 0.963 bits per heavy atom. The summed E-state index contributed by atoms with van der Waals surface area (Å²) in [6, 6.07) is 15.5. The molecule has 0 amide bonds. The zero-order valence-corrected chi connectivity index (χ0v) is 15.2. The van der Waals surface area contributed by atoms with E-state index in [1.54, 1.807) is 25.0 Å². The lowest BCUT2D eigenvalue weighted by Gasteiger charge is -2.08. The number of hydrogen-bond acceptors (Lipinski definition) is 6. The van der Waals surface area contributed by atoms with Crippen molar-refractivity contribution < 1.29 is 0 Å². The van der Waals surface area contributed by atoms with Crippen LogP contribution in [0, 0.1) is 0 Å². The topological polar surface area (TPSA) is 78.0 Å². The fraction of sp³-hybridized carbons (Fsp3) is 0.105. The molecule has 0 unspecified atom stereocenters. The van der Waals surface area contributed by atoms with Crippen molar-refractivity contribution in [2.45, 2.75) is 10.8 Å². The van der Waals surface area contributed by atoms with Crippen LogP contribution in [0.3, 0.4) is 0 Å². The van der Waals surface area contributed by atoms with Gasteiger partial charge >= 0.3 is 0 Å². The van der Waals surface area contributed by atoms with E-state index < -0.39 is 0 Å². The Kier molecular flexibility index (Phi) is 3.64. The lowest BCUT2D eigenvalue weighted by atomic mass is 10.2. The van der Waals surface area contributed by atoms with E-state index in [1.165, 1.54) is 4.57 Å². The van der Waals surface area contributed by atoms with Crippen LogP contribution in [-0.2, 0) is 12.8 Å². The van der Waals surface area contributed by atoms with Crippen LogP contribution in [0.2, 0.25) is 0 Å². The summed E-state index contributed by atoms with van der Waals surface area (Å²) in [5.74, 6) is 1.85. The summed E-state index contributed by atoms with van der Waals surface area (Å²) in [5.41, 5.74) is 0.727. The van der Waals surface area contributed by atoms with Crippen molar-refractivity contribution >= 4 is 39.2 Å². The fourth-order valence-corrected chi connectivity index (χ4v) is 4.13. The van der Waals surface area contributed by atoms with Crippen molar-refractivity contribution in [1.82, 2.24) is 29.4 Å². The predicted octanol–water partition coefficient (Wildman–Crippen LogP) is 2.82. The zero-order valence-electron chi connectivity index (χ0n) is 14.4. The molecule has 3 aromatic heterocycles. The van der Waals surface area contributed by atoms with E-state index in [1.807, 2.05) is 52.9 Å². The quantitative estimate of drug-likeness (QED) is 0.452. The minimum Gasteiger partial charge on any atom is -0.279 e. The fourth-order valence-electron chi connectivity index (χ4n) is 3.23. The maximum absolute atomic E-state index is 12.5. The molecule has 3 heterocycles. The Bertz CT molecular complexity index is 1370. The Morgan fingerprint density at radius 3 is 2.63 bits per heavy atom. The Balaban J connectivity index is 1.63. The average molecular weight is 374 g/mol. The standard InChI is InChI=1S/C19H14N6OS/c1-24-18(26)14-8-4-5-9-15(14)25-16(21-23-19(24)25)11-27-17-13-7-3-2-6-12(13)10-20-22-17/h2-10H,11H2,1H3. The van der Waals surface area contributed by atoms with Gasteiger partial charge in [0, 0.05) is 17.8 Å². The van der Waals surface area contributed by atoms with Crippen LogP contribution in [-0.4, -0.2) is 29.4 Å². The van der Waals surface area contributed by atoms with E-state index in [-0.39, 0.29) is 5.56 Å². The number of nitrogens with zero attached hydrogens (tertiary/aromatic N) is 6. The Hall–Kier alpha value is -3.26. The molecular formula is C19H14N6OS. The summed E-state index contributed by atoms with van der Waals surface area (Å²) in [6.45, 7) is 0. The van der Waals surface area contributed by atoms with E-state index >= 15 is 0 Å². The molecule has 0 atom stereocenters. The van der Waals surface area contributed by atoms with Gasteiger partial charge in [0.05, 0.1) is 22.9 Å². The number of aromatic nitrogens is 6. The van der Waals surface area contributed by atoms with Crippen LogP contribution in [0.4, 0.5) is 0 Å². The second kappa shape index (κ2) is 6.17. The number of para-hydroxylation sites is 1. The van der Waals surface area contributed by atoms with Crippen molar-refractivity contribution in [3.05, 3.63) is 70.9 Å². The highest BCUT2D eigenvalue weighted by molar-refractivity contribution is 7.98. The van der Waals surface area contributed by atoms with Gasteiger partial charge in [-0.25, -0.2) is 0 Å². The van der Waals surface area contributed by atoms with Gasteiger partial charge in [-0.3, -0.25) is 13.8 Å². The van der Waals surface area contributed by atoms with Crippen LogP contribution in [0.25, 0.3) is 27.5 Å². The van der Waals surface area contributed by atoms with Gasteiger partial charge in [-0.05, 0) is 12.1 Å². The van der Waals surface area contributed by atoms with E-state index in [9.17, 15) is 4.79 Å². The van der Waals surface area contributed by atoms with Gasteiger partial charge in [0.2, 0.25) is 5.78 Å². The van der Waals surface area contributed by atoms with Crippen LogP contribution in [0.5, 0.6) is 0 Å². The molecule has 0 saturated carbocycles. The first kappa shape index (κ1) is 16.0. The number of benzene rings is 2. The molecule has 0 spiro atoms. The predicted molar refractivity (Wildman–Crippen MR) is 105 cm³/mol. The summed E-state index contributed by atoms with van der Waals surface area (Å²) in [6.07, 6.45) is 1.76. The molecule has 0 bridgehead atoms. The van der Waals surface area contributed by atoms with Crippen LogP contribution < -0.4 is 5.56 Å². The molecule has 5 rings (SSSR count). The molecule has 0 fully saturated rings. The molecule has 0 saturated heterocycles. The first-order chi connectivity index (χ1) is 13.2. The molecule has 27 heavy (non-hydrogen) atoms. The number of rotatable bonds is 3. The van der Waals surface area contributed by atoms with Crippen LogP contribution in [0.1, 0.15) is 5.82 Å². The maximum atomic E-state index is 12.5. The zero-order chi connectivity index (χ0) is 18.4. The molecule has 7 nitrogen and oxygen atoms in total. The van der Waals surface area contributed by atoms with Gasteiger partial charge in [0.25, 0.3) is 5.56 Å². The van der Waals surface area contributed by atoms with E-state index in [2.05, 4.69) is 20.4 Å². The average Bonchev–Trinajstić information content (AvgIpc) is 3.15. The normalized spacial score (nSPS) is 11.6. The summed E-state index contributed by atoms with van der Waals surface area (Å²) in [5, 5.41) is 20.5. The SMILES string of the molecule is Cn1c(=O)c2ccccc2n2c(CSc3nncc4ccccc34)nnc12. The molecule has 0 aliphatic heterocycles. The highest BCUT2D eigenvalue weighted by Gasteiger charge is 2.15. The third-order valence-corrected chi connectivity index (χ3v) is 5.55. The van der Waals surface area contributed by atoms with Gasteiger partial charge in [-0.15, -0.1) is 15.3 Å². The molecule has 0 aliphatic rings. The Morgan fingerprint density at radius 2 is 1.74 bits per heavy atom. The van der Waals surface area contributed by atoms with E-state index in [0.29, 0.717) is 16.9 Å². The third-order valence-electron chi connectivity index (χ3n) is 4.57. The molecule has 8 heteroatoms. The number of thioether (sulfide) groups is 1. The molecule has 5 aromatic rings. The van der Waals surface area contributed by atoms with Crippen molar-refractivity contribution in [2.24, 2.45) is 7.05 Å². The molecule has 0 aliphatic carbocycles. The lowest BCUT2D eigenvalue weighted by molar-refractivity contribution is 0.857. The van der Waals surface area contributed by atoms with Crippen molar-refractivity contribution in [2.75, 3.05) is 0 Å². The molecule has 0 radical (unpaired) electrons. The monoisotopic (exact) mass is 374 g/mol. The van der Waals surface area contributed by atoms with Crippen molar-refractivity contribution in [3.8, 4) is 0 Å². The number of hydrogen-bond donors (Lipinski definition) is 0. The van der Waals surface area contributed by atoms with Gasteiger partial charge in [-0.1, -0.05) is 48.2 Å². The van der Waals surface area contributed by atoms with Crippen LogP contribution >= 0.6 is 11.8 Å². The number of fused-ring (bicyclic) bond motifs is 4. The number of aryl methyl sites for hydroxylation is 1. The first-order valence-corrected chi connectivity index (χ1v) is 9.37. The van der Waals surface area contributed by atoms with Crippen molar-refractivity contribution in [3.63, 3.8) is 0 Å². The van der Waals surface area contributed by atoms with Gasteiger partial charge in [0.15, 0.2) is 0 Å². The summed E-state index contributed by atoms with van der Waals surface area (Å²) in [4.78, 5) is 12.5. The highest BCUT2D eigenvalue weighted by Crippen LogP contribution is 2.27. The molecular weight excluding hydrogens is 360 g/mol. The third kappa shape index (κ3) is 2.48. The smallest absolute Gasteiger partial charge is 0.262 e. The lowest BCUT2D eigenvalue weighted by Crippen LogP contribution is -2.20. The van der Waals surface area contributed by atoms with Crippen LogP contribution in [0.15, 0.2) is 64.5 Å². The van der Waals surface area contributed by atoms with Gasteiger partial charge < -0.3 is 0 Å². The molecule has 0 N–H and O–H groups in total. The largest absolute Gasteiger partial charge is 0.279 e. The van der Waals surface area contributed by atoms with Gasteiger partial charge in [-0.2, -0.15) is 5.10 Å². The minimum atomic E-state index is -0.0791. The second-order valence-electron chi connectivity index (χ2n) is 6.16. The summed E-state index contributed by atoms with van der Waals surface area (Å²) in [7, 11) is 1.71. The van der Waals surface area contributed by atoms with E-state index in [4.69, 9.17) is 0 Å². The maximum Gasteiger partial charge on any atom is 0.262 e.